The second-order valence-electron chi connectivity index (χ2n) is 14.8. The van der Waals surface area contributed by atoms with Gasteiger partial charge in [0.2, 0.25) is 0 Å². The van der Waals surface area contributed by atoms with Gasteiger partial charge in [-0.05, 0) is 67.3 Å². The molecule has 0 spiro atoms. The maximum atomic E-state index is 3.70. The molecule has 5 nitrogen and oxygen atoms in total. The Labute approximate surface area is 295 Å². The van der Waals surface area contributed by atoms with Crippen LogP contribution in [0.1, 0.15) is 35.1 Å². The zero-order chi connectivity index (χ0) is 33.1. The van der Waals surface area contributed by atoms with Crippen molar-refractivity contribution < 1.29 is 0 Å². The van der Waals surface area contributed by atoms with Gasteiger partial charge in [0, 0.05) is 83.1 Å². The maximum absolute atomic E-state index is 3.70. The summed E-state index contributed by atoms with van der Waals surface area (Å²) in [5, 5.41) is 3.70. The fourth-order valence-electron chi connectivity index (χ4n) is 8.75. The Morgan fingerprint density at radius 2 is 1.18 bits per heavy atom. The Kier molecular flexibility index (Phi) is 12.2. The molecule has 0 amide bonds. The third-order valence-corrected chi connectivity index (χ3v) is 11.5. The molecule has 7 rings (SSSR count). The predicted molar refractivity (Wildman–Crippen MR) is 204 cm³/mol. The second-order valence-corrected chi connectivity index (χ2v) is 14.8. The van der Waals surface area contributed by atoms with E-state index in [2.05, 4.69) is 146 Å². The summed E-state index contributed by atoms with van der Waals surface area (Å²) in [7, 11) is 0. The van der Waals surface area contributed by atoms with Crippen molar-refractivity contribution in [3.8, 4) is 0 Å². The molecule has 1 N–H and O–H groups in total. The van der Waals surface area contributed by atoms with Crippen LogP contribution in [-0.2, 0) is 25.7 Å². The lowest BCUT2D eigenvalue weighted by atomic mass is 9.97. The van der Waals surface area contributed by atoms with Gasteiger partial charge < -0.3 is 5.32 Å². The van der Waals surface area contributed by atoms with E-state index in [1.165, 1.54) is 48.2 Å². The normalized spacial score (nSPS) is 23.5. The zero-order valence-electron chi connectivity index (χ0n) is 29.5. The minimum absolute atomic E-state index is 0.515. The highest BCUT2D eigenvalue weighted by atomic mass is 15.3. The number of piperazine rings is 2. The molecule has 3 fully saturated rings. The van der Waals surface area contributed by atoms with Crippen LogP contribution in [0, 0.1) is 0 Å². The van der Waals surface area contributed by atoms with E-state index in [4.69, 9.17) is 0 Å². The molecule has 0 aliphatic carbocycles. The topological polar surface area (TPSA) is 25.0 Å². The molecule has 3 aliphatic heterocycles. The molecule has 3 aliphatic rings. The van der Waals surface area contributed by atoms with Gasteiger partial charge in [-0.1, -0.05) is 121 Å². The first-order chi connectivity index (χ1) is 24.3. The molecule has 1 unspecified atom stereocenters. The first-order valence-corrected chi connectivity index (χ1v) is 19.1. The van der Waals surface area contributed by atoms with Gasteiger partial charge in [0.25, 0.3) is 0 Å². The van der Waals surface area contributed by atoms with E-state index in [0.717, 1.165) is 78.0 Å². The number of likely N-dealkylation sites (tertiary alicyclic amines) is 1. The lowest BCUT2D eigenvalue weighted by molar-refractivity contribution is 0.0299. The van der Waals surface area contributed by atoms with E-state index in [1.807, 2.05) is 0 Å². The molecule has 4 atom stereocenters. The summed E-state index contributed by atoms with van der Waals surface area (Å²) in [6, 6.07) is 46.9. The molecular weight excluding hydrogens is 599 g/mol. The summed E-state index contributed by atoms with van der Waals surface area (Å²) in [6.07, 6.45) is 7.13. The summed E-state index contributed by atoms with van der Waals surface area (Å²) in [6.45, 7) is 11.5. The van der Waals surface area contributed by atoms with Crippen LogP contribution >= 0.6 is 0 Å². The van der Waals surface area contributed by atoms with Crippen LogP contribution in [-0.4, -0.2) is 109 Å². The number of benzene rings is 4. The third-order valence-electron chi connectivity index (χ3n) is 11.5. The highest BCUT2D eigenvalue weighted by Gasteiger charge is 2.35. The van der Waals surface area contributed by atoms with Gasteiger partial charge in [-0.3, -0.25) is 19.6 Å². The summed E-state index contributed by atoms with van der Waals surface area (Å²) in [4.78, 5) is 11.4. The van der Waals surface area contributed by atoms with Crippen LogP contribution in [0.4, 0.5) is 0 Å². The minimum Gasteiger partial charge on any atom is -0.314 e. The molecule has 0 aromatic heterocycles. The van der Waals surface area contributed by atoms with E-state index < -0.39 is 0 Å². The van der Waals surface area contributed by atoms with Crippen molar-refractivity contribution in [3.63, 3.8) is 0 Å². The van der Waals surface area contributed by atoms with Gasteiger partial charge in [0.05, 0.1) is 0 Å². The Morgan fingerprint density at radius 3 is 1.86 bits per heavy atom. The molecule has 49 heavy (non-hydrogen) atoms. The first kappa shape index (κ1) is 34.1. The van der Waals surface area contributed by atoms with E-state index in [9.17, 15) is 0 Å². The molecule has 5 heteroatoms. The fraction of sp³-hybridized carbons (Fsp3) is 0.455. The fourth-order valence-corrected chi connectivity index (χ4v) is 8.75. The quantitative estimate of drug-likeness (QED) is 0.179. The van der Waals surface area contributed by atoms with E-state index >= 15 is 0 Å². The van der Waals surface area contributed by atoms with Gasteiger partial charge in [-0.15, -0.1) is 0 Å². The number of rotatable bonds is 14. The van der Waals surface area contributed by atoms with Gasteiger partial charge in [-0.25, -0.2) is 0 Å². The van der Waals surface area contributed by atoms with Gasteiger partial charge in [0.1, 0.15) is 0 Å². The zero-order valence-corrected chi connectivity index (χ0v) is 29.5. The lowest BCUT2D eigenvalue weighted by Gasteiger charge is -2.46. The van der Waals surface area contributed by atoms with Crippen molar-refractivity contribution in [1.82, 2.24) is 24.9 Å². The molecule has 0 radical (unpaired) electrons. The highest BCUT2D eigenvalue weighted by Crippen LogP contribution is 2.25. The maximum Gasteiger partial charge on any atom is 0.0264 e. The van der Waals surface area contributed by atoms with Crippen LogP contribution in [0.2, 0.25) is 0 Å². The summed E-state index contributed by atoms with van der Waals surface area (Å²) in [5.74, 6) is 0. The average Bonchev–Trinajstić information content (AvgIpc) is 3.59. The second kappa shape index (κ2) is 17.6. The smallest absolute Gasteiger partial charge is 0.0264 e. The highest BCUT2D eigenvalue weighted by molar-refractivity contribution is 5.20. The SMILES string of the molecule is c1ccc(CCN2CCN([C@@H](Cc3ccccc3)CN3CCCC3CN3CCNC[C@H]3Cc3ccccc3)C[C@@H]2Cc2ccccc2)cc1. The average molecular weight is 656 g/mol. The monoisotopic (exact) mass is 655 g/mol. The molecule has 0 bridgehead atoms. The number of hydrogen-bond acceptors (Lipinski definition) is 5. The molecule has 258 valence electrons. The summed E-state index contributed by atoms with van der Waals surface area (Å²) < 4.78 is 0. The molecule has 4 aromatic carbocycles. The Hall–Kier alpha value is -3.32. The van der Waals surface area contributed by atoms with Crippen molar-refractivity contribution in [1.29, 1.82) is 0 Å². The number of hydrogen-bond donors (Lipinski definition) is 1. The van der Waals surface area contributed by atoms with Gasteiger partial charge in [0.15, 0.2) is 0 Å². The lowest BCUT2D eigenvalue weighted by Crippen LogP contribution is -2.60. The Morgan fingerprint density at radius 1 is 0.571 bits per heavy atom. The van der Waals surface area contributed by atoms with E-state index in [0.29, 0.717) is 24.2 Å². The van der Waals surface area contributed by atoms with Crippen molar-refractivity contribution in [2.24, 2.45) is 0 Å². The van der Waals surface area contributed by atoms with Crippen LogP contribution in [0.15, 0.2) is 121 Å². The predicted octanol–water partition coefficient (Wildman–Crippen LogP) is 6.05. The Bertz CT molecular complexity index is 1500. The van der Waals surface area contributed by atoms with Crippen LogP contribution in [0.5, 0.6) is 0 Å². The van der Waals surface area contributed by atoms with Crippen molar-refractivity contribution in [2.75, 3.05) is 65.4 Å². The number of nitrogens with zero attached hydrogens (tertiary/aromatic N) is 4. The number of nitrogens with one attached hydrogen (secondary N) is 1. The molecule has 3 heterocycles. The largest absolute Gasteiger partial charge is 0.314 e. The molecular formula is C44H57N5. The minimum atomic E-state index is 0.515. The van der Waals surface area contributed by atoms with Crippen LogP contribution in [0.25, 0.3) is 0 Å². The van der Waals surface area contributed by atoms with Gasteiger partial charge in [-0.2, -0.15) is 0 Å². The van der Waals surface area contributed by atoms with Crippen molar-refractivity contribution in [3.05, 3.63) is 144 Å². The van der Waals surface area contributed by atoms with Crippen molar-refractivity contribution >= 4 is 0 Å². The van der Waals surface area contributed by atoms with Gasteiger partial charge >= 0.3 is 0 Å². The van der Waals surface area contributed by atoms with Crippen LogP contribution < -0.4 is 5.32 Å². The summed E-state index contributed by atoms with van der Waals surface area (Å²) >= 11 is 0. The molecule has 3 saturated heterocycles. The Balaban J connectivity index is 1.06. The van der Waals surface area contributed by atoms with Crippen LogP contribution in [0.3, 0.4) is 0 Å². The van der Waals surface area contributed by atoms with Crippen molar-refractivity contribution in [2.45, 2.75) is 62.7 Å². The summed E-state index contributed by atoms with van der Waals surface area (Å²) in [5.41, 5.74) is 5.83. The van der Waals surface area contributed by atoms with E-state index in [-0.39, 0.29) is 0 Å². The van der Waals surface area contributed by atoms with E-state index in [1.54, 1.807) is 0 Å². The standard InChI is InChI=1S/C44H57N5/c1-5-14-37(15-6-1)23-26-46-28-29-49(35-43(46)31-39-18-9-3-10-19-39)44(32-40-20-11-4-12-21-40)36-47-25-13-22-41(47)34-48-27-24-45-33-42(48)30-38-16-7-2-8-17-38/h1-12,14-21,41-45H,13,22-36H2/t41?,42-,43+,44+/m1/s1. The molecule has 0 saturated carbocycles. The first-order valence-electron chi connectivity index (χ1n) is 19.1. The molecule has 4 aromatic rings. The third kappa shape index (κ3) is 9.68.